The summed E-state index contributed by atoms with van der Waals surface area (Å²) >= 11 is 0. The van der Waals surface area contributed by atoms with Crippen molar-refractivity contribution in [3.8, 4) is 5.75 Å². The molecule has 0 atom stereocenters. The molecule has 2 aromatic rings. The Kier molecular flexibility index (Phi) is 6.95. The summed E-state index contributed by atoms with van der Waals surface area (Å²) < 4.78 is 11.4. The van der Waals surface area contributed by atoms with Crippen molar-refractivity contribution < 1.29 is 14.3 Å². The number of hydrogen-bond donors (Lipinski definition) is 2. The number of fused-ring (bicyclic) bond motifs is 2. The maximum absolute atomic E-state index is 13.2. The average Bonchev–Trinajstić information content (AvgIpc) is 2.79. The minimum atomic E-state index is -0.244. The van der Waals surface area contributed by atoms with Gasteiger partial charge in [-0.1, -0.05) is 18.2 Å². The van der Waals surface area contributed by atoms with E-state index < -0.39 is 0 Å². The average molecular weight is 438 g/mol. The normalized spacial score (nSPS) is 17.2. The molecule has 32 heavy (non-hydrogen) atoms. The first-order valence-electron chi connectivity index (χ1n) is 11.3. The lowest BCUT2D eigenvalue weighted by molar-refractivity contribution is 0.0845. The van der Waals surface area contributed by atoms with Gasteiger partial charge in [-0.25, -0.2) is 0 Å². The van der Waals surface area contributed by atoms with Crippen LogP contribution in [0.25, 0.3) is 0 Å². The lowest BCUT2D eigenvalue weighted by atomic mass is 9.97. The molecule has 0 spiro atoms. The van der Waals surface area contributed by atoms with Gasteiger partial charge in [-0.2, -0.15) is 0 Å². The minimum Gasteiger partial charge on any atom is -0.489 e. The number of carbonyl (C=O) groups excluding carboxylic acids is 1. The molecule has 1 saturated heterocycles. The van der Waals surface area contributed by atoms with Gasteiger partial charge in [-0.15, -0.1) is 0 Å². The van der Waals surface area contributed by atoms with Gasteiger partial charge in [0.05, 0.1) is 12.1 Å². The summed E-state index contributed by atoms with van der Waals surface area (Å²) in [7, 11) is 0. The number of aromatic amines is 1. The zero-order valence-electron chi connectivity index (χ0n) is 18.8. The van der Waals surface area contributed by atoms with Gasteiger partial charge in [-0.05, 0) is 56.9 Å². The SMILES string of the molecule is CCN(c1cccc2c1CC=CCOc1cc(C)[nH]c(=O)c1CNC2=O)C1CCOCC1. The number of nitrogens with one attached hydrogen (secondary N) is 2. The smallest absolute Gasteiger partial charge is 0.256 e. The number of aryl methyl sites for hydroxylation is 1. The highest BCUT2D eigenvalue weighted by atomic mass is 16.5. The van der Waals surface area contributed by atoms with Crippen LogP contribution in [0, 0.1) is 6.92 Å². The van der Waals surface area contributed by atoms with Crippen molar-refractivity contribution in [2.75, 3.05) is 31.3 Å². The maximum Gasteiger partial charge on any atom is 0.256 e. The van der Waals surface area contributed by atoms with E-state index in [0.717, 1.165) is 49.5 Å². The first-order valence-corrected chi connectivity index (χ1v) is 11.3. The van der Waals surface area contributed by atoms with E-state index in [4.69, 9.17) is 9.47 Å². The maximum atomic E-state index is 13.2. The quantitative estimate of drug-likeness (QED) is 0.721. The van der Waals surface area contributed by atoms with Crippen LogP contribution in [-0.2, 0) is 17.7 Å². The molecular formula is C25H31N3O4. The van der Waals surface area contributed by atoms with Crippen LogP contribution in [0.2, 0.25) is 0 Å². The minimum absolute atomic E-state index is 0.106. The summed E-state index contributed by atoms with van der Waals surface area (Å²) in [6.07, 6.45) is 6.57. The molecule has 7 nitrogen and oxygen atoms in total. The molecule has 170 valence electrons. The number of carbonyl (C=O) groups is 1. The van der Waals surface area contributed by atoms with Gasteiger partial charge in [-0.3, -0.25) is 9.59 Å². The van der Waals surface area contributed by atoms with Crippen LogP contribution in [0.15, 0.2) is 41.2 Å². The molecule has 0 unspecified atom stereocenters. The van der Waals surface area contributed by atoms with Crippen LogP contribution in [-0.4, -0.2) is 43.3 Å². The third kappa shape index (κ3) is 4.72. The van der Waals surface area contributed by atoms with Gasteiger partial charge in [0.15, 0.2) is 0 Å². The summed E-state index contributed by atoms with van der Waals surface area (Å²) in [5, 5.41) is 2.94. The number of hydrogen-bond acceptors (Lipinski definition) is 5. The summed E-state index contributed by atoms with van der Waals surface area (Å²) in [6, 6.07) is 8.10. The molecule has 2 N–H and O–H groups in total. The third-order valence-corrected chi connectivity index (χ3v) is 6.16. The Balaban J connectivity index is 1.70. The van der Waals surface area contributed by atoms with E-state index in [9.17, 15) is 9.59 Å². The second-order valence-corrected chi connectivity index (χ2v) is 8.23. The van der Waals surface area contributed by atoms with Gasteiger partial charge < -0.3 is 24.7 Å². The van der Waals surface area contributed by atoms with Crippen molar-refractivity contribution in [2.45, 2.75) is 45.7 Å². The number of allylic oxidation sites excluding steroid dienone is 1. The second-order valence-electron chi connectivity index (χ2n) is 8.23. The van der Waals surface area contributed by atoms with Gasteiger partial charge in [0.2, 0.25) is 0 Å². The van der Waals surface area contributed by atoms with Crippen LogP contribution >= 0.6 is 0 Å². The molecule has 0 radical (unpaired) electrons. The third-order valence-electron chi connectivity index (χ3n) is 6.16. The van der Waals surface area contributed by atoms with E-state index >= 15 is 0 Å². The van der Waals surface area contributed by atoms with E-state index in [1.165, 1.54) is 0 Å². The molecular weight excluding hydrogens is 406 g/mol. The molecule has 1 amide bonds. The molecule has 4 rings (SSSR count). The number of aromatic nitrogens is 1. The summed E-state index contributed by atoms with van der Waals surface area (Å²) in [4.78, 5) is 30.9. The monoisotopic (exact) mass is 437 g/mol. The highest BCUT2D eigenvalue weighted by molar-refractivity contribution is 5.97. The highest BCUT2D eigenvalue weighted by Crippen LogP contribution is 2.30. The van der Waals surface area contributed by atoms with Crippen LogP contribution in [0.5, 0.6) is 5.75 Å². The predicted molar refractivity (Wildman–Crippen MR) is 125 cm³/mol. The summed E-state index contributed by atoms with van der Waals surface area (Å²) in [6.45, 7) is 6.82. The van der Waals surface area contributed by atoms with Crippen LogP contribution in [0.3, 0.4) is 0 Å². The van der Waals surface area contributed by atoms with Crippen molar-refractivity contribution in [2.24, 2.45) is 0 Å². The van der Waals surface area contributed by atoms with E-state index in [1.54, 1.807) is 6.07 Å². The van der Waals surface area contributed by atoms with E-state index in [-0.39, 0.29) is 18.0 Å². The number of anilines is 1. The Bertz CT molecular complexity index is 1050. The predicted octanol–water partition coefficient (Wildman–Crippen LogP) is 3.11. The fourth-order valence-corrected chi connectivity index (χ4v) is 4.55. The fraction of sp³-hybridized carbons (Fsp3) is 0.440. The molecule has 1 aromatic heterocycles. The largest absolute Gasteiger partial charge is 0.489 e. The molecule has 0 saturated carbocycles. The standard InChI is InChI=1S/C25H31N3O4/c1-3-28(18-10-13-31-14-11-18)22-9-6-8-20-19(22)7-4-5-12-32-23-15-17(2)27-25(30)21(23)16-26-24(20)29/h4-6,8-9,15,18H,3,7,10-14,16H2,1-2H3,(H,26,29)(H,27,30). The Hall–Kier alpha value is -3.06. The van der Waals surface area contributed by atoms with Crippen molar-refractivity contribution in [1.29, 1.82) is 0 Å². The number of ether oxygens (including phenoxy) is 2. The molecule has 2 aliphatic heterocycles. The Morgan fingerprint density at radius 3 is 2.72 bits per heavy atom. The highest BCUT2D eigenvalue weighted by Gasteiger charge is 2.25. The number of H-pyrrole nitrogens is 1. The Morgan fingerprint density at radius 1 is 1.12 bits per heavy atom. The van der Waals surface area contributed by atoms with Gasteiger partial charge in [0.25, 0.3) is 11.5 Å². The van der Waals surface area contributed by atoms with Crippen LogP contribution in [0.4, 0.5) is 5.69 Å². The van der Waals surface area contributed by atoms with Crippen molar-refractivity contribution >= 4 is 11.6 Å². The Morgan fingerprint density at radius 2 is 1.94 bits per heavy atom. The fourth-order valence-electron chi connectivity index (χ4n) is 4.55. The Labute approximate surface area is 188 Å². The summed E-state index contributed by atoms with van der Waals surface area (Å²) in [5.41, 5.74) is 3.62. The van der Waals surface area contributed by atoms with Crippen LogP contribution < -0.4 is 20.5 Å². The number of rotatable bonds is 3. The molecule has 1 fully saturated rings. The van der Waals surface area contributed by atoms with E-state index in [1.807, 2.05) is 31.2 Å². The van der Waals surface area contributed by atoms with Crippen LogP contribution in [0.1, 0.15) is 46.9 Å². The molecule has 0 bridgehead atoms. The van der Waals surface area contributed by atoms with Gasteiger partial charge in [0, 0.05) is 42.7 Å². The zero-order valence-corrected chi connectivity index (χ0v) is 18.8. The van der Waals surface area contributed by atoms with Gasteiger partial charge >= 0.3 is 0 Å². The van der Waals surface area contributed by atoms with E-state index in [2.05, 4.69) is 28.2 Å². The first-order chi connectivity index (χ1) is 15.6. The van der Waals surface area contributed by atoms with Gasteiger partial charge in [0.1, 0.15) is 12.4 Å². The zero-order chi connectivity index (χ0) is 22.5. The van der Waals surface area contributed by atoms with Crippen molar-refractivity contribution in [3.63, 3.8) is 0 Å². The van der Waals surface area contributed by atoms with Crippen molar-refractivity contribution in [1.82, 2.24) is 10.3 Å². The second kappa shape index (κ2) is 10.0. The summed E-state index contributed by atoms with van der Waals surface area (Å²) in [5.74, 6) is 0.312. The first kappa shape index (κ1) is 22.1. The number of benzene rings is 1. The lowest BCUT2D eigenvalue weighted by Crippen LogP contribution is -2.40. The number of nitrogens with zero attached hydrogens (tertiary/aromatic N) is 1. The number of pyridine rings is 1. The number of amides is 1. The molecule has 0 aliphatic carbocycles. The topological polar surface area (TPSA) is 83.7 Å². The molecule has 7 heteroatoms. The molecule has 1 aromatic carbocycles. The van der Waals surface area contributed by atoms with E-state index in [0.29, 0.717) is 35.9 Å². The lowest BCUT2D eigenvalue weighted by Gasteiger charge is -2.37. The van der Waals surface area contributed by atoms with Crippen molar-refractivity contribution in [3.05, 3.63) is 69.2 Å². The molecule has 3 heterocycles. The molecule has 2 aliphatic rings.